The summed E-state index contributed by atoms with van der Waals surface area (Å²) in [4.78, 5) is 0. The predicted molar refractivity (Wildman–Crippen MR) is 312 cm³/mol. The molecule has 12 aromatic rings. The first kappa shape index (κ1) is 69.3. The molecular weight excluding hydrogens is 1400 g/mol. The summed E-state index contributed by atoms with van der Waals surface area (Å²) in [5.41, 5.74) is -29.4. The molecule has 0 radical (unpaired) electrons. The average molecular weight is 1430 g/mol. The molecular formula is C70H30F27N3. The van der Waals surface area contributed by atoms with Crippen LogP contribution in [0.4, 0.5) is 119 Å². The second kappa shape index (κ2) is 23.3. The summed E-state index contributed by atoms with van der Waals surface area (Å²) in [5.74, 6) is 0. The third kappa shape index (κ3) is 12.6. The van der Waals surface area contributed by atoms with Crippen molar-refractivity contribution in [1.29, 1.82) is 5.26 Å². The smallest absolute Gasteiger partial charge is 0.308 e. The van der Waals surface area contributed by atoms with Crippen LogP contribution in [0.5, 0.6) is 0 Å². The van der Waals surface area contributed by atoms with Crippen LogP contribution < -0.4 is 0 Å². The van der Waals surface area contributed by atoms with Crippen LogP contribution in [0.2, 0.25) is 0 Å². The van der Waals surface area contributed by atoms with E-state index in [0.29, 0.717) is 36.4 Å². The molecule has 3 nitrogen and oxygen atoms in total. The molecule has 0 N–H and O–H groups in total. The summed E-state index contributed by atoms with van der Waals surface area (Å²) < 4.78 is 401. The topological polar surface area (TPSA) is 33.6 Å². The Hall–Kier alpha value is -10.6. The molecule has 0 aliphatic carbocycles. The number of rotatable bonds is 7. The number of hydrogen-bond donors (Lipinski definition) is 0. The van der Waals surface area contributed by atoms with Crippen molar-refractivity contribution in [3.63, 3.8) is 0 Å². The molecule has 100 heavy (non-hydrogen) atoms. The van der Waals surface area contributed by atoms with Crippen molar-refractivity contribution in [2.45, 2.75) is 55.6 Å². The van der Waals surface area contributed by atoms with Crippen molar-refractivity contribution in [2.24, 2.45) is 0 Å². The summed E-state index contributed by atoms with van der Waals surface area (Å²) in [5, 5.41) is 9.34. The first-order valence-electron chi connectivity index (χ1n) is 28.3. The molecule has 0 saturated heterocycles. The molecule has 12 rings (SSSR count). The van der Waals surface area contributed by atoms with Gasteiger partial charge in [0, 0.05) is 27.1 Å². The zero-order valence-electron chi connectivity index (χ0n) is 48.9. The highest BCUT2D eigenvalue weighted by atomic mass is 19.4. The number of benzene rings is 10. The van der Waals surface area contributed by atoms with Crippen LogP contribution in [0.15, 0.2) is 182 Å². The fourth-order valence-electron chi connectivity index (χ4n) is 12.2. The molecule has 0 spiro atoms. The van der Waals surface area contributed by atoms with E-state index in [2.05, 4.69) is 0 Å². The summed E-state index contributed by atoms with van der Waals surface area (Å²) in [6.45, 7) is 0. The van der Waals surface area contributed by atoms with Crippen LogP contribution in [0.1, 0.15) is 55.6 Å². The predicted octanol–water partition coefficient (Wildman–Crippen LogP) is 25.3. The normalized spacial score (nSPS) is 13.3. The minimum absolute atomic E-state index is 0.240. The number of nitriles is 1. The van der Waals surface area contributed by atoms with Gasteiger partial charge in [-0.2, -0.15) is 124 Å². The van der Waals surface area contributed by atoms with Crippen LogP contribution in [0, 0.1) is 11.3 Å². The van der Waals surface area contributed by atoms with Crippen molar-refractivity contribution in [1.82, 2.24) is 9.13 Å². The Labute approximate surface area is 541 Å². The highest BCUT2D eigenvalue weighted by Gasteiger charge is 2.44. The van der Waals surface area contributed by atoms with E-state index in [1.165, 1.54) is 0 Å². The first-order chi connectivity index (χ1) is 46.2. The lowest BCUT2D eigenvalue weighted by Crippen LogP contribution is -2.12. The van der Waals surface area contributed by atoms with Gasteiger partial charge in [-0.15, -0.1) is 0 Å². The molecule has 2 aromatic heterocycles. The molecule has 0 saturated carbocycles. The Bertz CT molecular complexity index is 4800. The molecule has 0 unspecified atom stereocenters. The lowest BCUT2D eigenvalue weighted by Gasteiger charge is -2.23. The van der Waals surface area contributed by atoms with Gasteiger partial charge < -0.3 is 9.13 Å². The van der Waals surface area contributed by atoms with Gasteiger partial charge in [0.25, 0.3) is 0 Å². The third-order valence-corrected chi connectivity index (χ3v) is 16.6. The SMILES string of the molecule is N#Cc1cccc(-c2c(-n3c4cc(-c5ccc(C(F)(F)F)cc5C(F)(F)F)ccc4c4ccc(-c5ccc(C(F)(F)F)cc5C(F)(F)F)cc43)cc(C(F)(F)F)cc2-n2c3cc(-c4ccc(C(F)(F)F)cc4C(F)(F)F)ccc3c3ccc(-c4ccc(C(F)(F)F)cc4C(F)(F)F)cc32)c1. The maximum absolute atomic E-state index is 16.4. The van der Waals surface area contributed by atoms with Crippen LogP contribution in [-0.4, -0.2) is 9.13 Å². The minimum Gasteiger partial charge on any atom is -0.308 e. The van der Waals surface area contributed by atoms with Crippen molar-refractivity contribution in [2.75, 3.05) is 0 Å². The van der Waals surface area contributed by atoms with E-state index in [1.807, 2.05) is 0 Å². The highest BCUT2D eigenvalue weighted by molar-refractivity contribution is 6.14. The lowest BCUT2D eigenvalue weighted by atomic mass is 9.95. The molecule has 0 bridgehead atoms. The fourth-order valence-corrected chi connectivity index (χ4v) is 12.2. The van der Waals surface area contributed by atoms with Crippen molar-refractivity contribution in [3.05, 3.63) is 238 Å². The van der Waals surface area contributed by atoms with Gasteiger partial charge in [-0.25, -0.2) is 0 Å². The van der Waals surface area contributed by atoms with E-state index in [9.17, 15) is 57.9 Å². The second-order valence-corrected chi connectivity index (χ2v) is 22.7. The van der Waals surface area contributed by atoms with Gasteiger partial charge in [0.15, 0.2) is 0 Å². The maximum Gasteiger partial charge on any atom is 0.417 e. The maximum atomic E-state index is 16.4. The summed E-state index contributed by atoms with van der Waals surface area (Å²) in [6.07, 6.45) is -49.9. The van der Waals surface area contributed by atoms with E-state index in [-0.39, 0.29) is 75.6 Å². The average Bonchev–Trinajstić information content (AvgIpc) is 1.50. The van der Waals surface area contributed by atoms with Gasteiger partial charge in [-0.05, 0) is 147 Å². The number of fused-ring (bicyclic) bond motifs is 6. The lowest BCUT2D eigenvalue weighted by molar-refractivity contribution is -0.144. The van der Waals surface area contributed by atoms with Gasteiger partial charge >= 0.3 is 55.6 Å². The van der Waals surface area contributed by atoms with Crippen molar-refractivity contribution >= 4 is 43.6 Å². The molecule has 0 fully saturated rings. The highest BCUT2D eigenvalue weighted by Crippen LogP contribution is 2.52. The number of nitrogens with zero attached hydrogens (tertiary/aromatic N) is 3. The first-order valence-corrected chi connectivity index (χ1v) is 28.3. The minimum atomic E-state index is -5.70. The molecule has 514 valence electrons. The third-order valence-electron chi connectivity index (χ3n) is 16.6. The molecule has 0 aliphatic rings. The van der Waals surface area contributed by atoms with E-state index >= 15 is 65.9 Å². The van der Waals surface area contributed by atoms with Gasteiger partial charge in [0.1, 0.15) is 0 Å². The Morgan fingerprint density at radius 3 is 0.730 bits per heavy atom. The van der Waals surface area contributed by atoms with Crippen molar-refractivity contribution < 1.29 is 119 Å². The van der Waals surface area contributed by atoms with Crippen LogP contribution in [-0.2, 0) is 55.6 Å². The van der Waals surface area contributed by atoms with Crippen LogP contribution >= 0.6 is 0 Å². The Morgan fingerprint density at radius 1 is 0.240 bits per heavy atom. The van der Waals surface area contributed by atoms with Crippen molar-refractivity contribution in [3.8, 4) is 73.1 Å². The molecule has 0 amide bonds. The summed E-state index contributed by atoms with van der Waals surface area (Å²) >= 11 is 0. The molecule has 2 heterocycles. The van der Waals surface area contributed by atoms with Gasteiger partial charge in [0.05, 0.1) is 95.1 Å². The van der Waals surface area contributed by atoms with E-state index in [4.69, 9.17) is 0 Å². The largest absolute Gasteiger partial charge is 0.417 e. The Balaban J connectivity index is 1.30. The van der Waals surface area contributed by atoms with E-state index in [0.717, 1.165) is 106 Å². The van der Waals surface area contributed by atoms with Crippen LogP contribution in [0.3, 0.4) is 0 Å². The monoisotopic (exact) mass is 1430 g/mol. The molecule has 0 aliphatic heterocycles. The quantitative estimate of drug-likeness (QED) is 0.146. The standard InChI is InChI=1S/C70H30F27N3/c71-62(72,73)38-8-16-43(51(25-38)67(86,87)88)33-4-12-47-48-13-5-34(44-17-9-39(63(74,75)76)26-52(44)68(89,90)91)22-56(48)99(55(47)21-33)59-29-42(66(83,84)85)30-60(61(59)37-3-1-2-32(20-37)31-98)100-57-23-35(45-18-10-40(64(77,78)79)27-53(45)69(92,93)94)6-14-49(57)50-15-7-36(24-58(50)100)46-19-11-41(65(80,81)82)28-54(46)70(95,96)97/h1-30H. The zero-order valence-corrected chi connectivity index (χ0v) is 48.9. The number of halogens is 27. The molecule has 10 aromatic carbocycles. The summed E-state index contributed by atoms with van der Waals surface area (Å²) in [7, 11) is 0. The van der Waals surface area contributed by atoms with Crippen LogP contribution in [0.25, 0.3) is 111 Å². The Morgan fingerprint density at radius 2 is 0.500 bits per heavy atom. The van der Waals surface area contributed by atoms with Gasteiger partial charge in [-0.1, -0.05) is 84.9 Å². The van der Waals surface area contributed by atoms with E-state index < -0.39 is 195 Å². The number of aromatic nitrogens is 2. The number of alkyl halides is 27. The number of hydrogen-bond acceptors (Lipinski definition) is 1. The fraction of sp³-hybridized carbons (Fsp3) is 0.129. The summed E-state index contributed by atoms with van der Waals surface area (Å²) in [6, 6.07) is 19.0. The van der Waals surface area contributed by atoms with Gasteiger partial charge in [0.2, 0.25) is 0 Å². The van der Waals surface area contributed by atoms with Gasteiger partial charge in [-0.3, -0.25) is 0 Å². The molecule has 30 heteroatoms. The Kier molecular flexibility index (Phi) is 16.1. The molecule has 0 atom stereocenters. The second-order valence-electron chi connectivity index (χ2n) is 22.7. The zero-order chi connectivity index (χ0) is 72.9. The van der Waals surface area contributed by atoms with E-state index in [1.54, 1.807) is 6.07 Å².